The van der Waals surface area contributed by atoms with Crippen molar-refractivity contribution in [1.29, 1.82) is 0 Å². The largest absolute Gasteiger partial charge is 0.360 e. The van der Waals surface area contributed by atoms with Crippen molar-refractivity contribution < 1.29 is 22.8 Å². The maximum Gasteiger partial charge on any atom is 0.267 e. The molecule has 15 rings (SSSR count). The summed E-state index contributed by atoms with van der Waals surface area (Å²) >= 11 is 18.8. The highest BCUT2D eigenvalue weighted by Crippen LogP contribution is 2.31. The van der Waals surface area contributed by atoms with E-state index >= 15 is 0 Å². The van der Waals surface area contributed by atoms with Crippen molar-refractivity contribution in [2.24, 2.45) is 5.73 Å². The summed E-state index contributed by atoms with van der Waals surface area (Å²) in [4.78, 5) is 126. The Morgan fingerprint density at radius 2 is 0.880 bits per heavy atom. The predicted octanol–water partition coefficient (Wildman–Crippen LogP) is 12.0. The number of para-hydroxylation sites is 3. The van der Waals surface area contributed by atoms with E-state index in [1.54, 1.807) is 112 Å². The van der Waals surface area contributed by atoms with Gasteiger partial charge >= 0.3 is 0 Å². The van der Waals surface area contributed by atoms with Crippen LogP contribution in [0.5, 0.6) is 0 Å². The minimum Gasteiger partial charge on any atom is -0.360 e. The molecule has 7 aromatic heterocycles. The van der Waals surface area contributed by atoms with Gasteiger partial charge in [0.25, 0.3) is 22.2 Å². The smallest absolute Gasteiger partial charge is 0.267 e. The molecule has 500 valence electrons. The first-order chi connectivity index (χ1) is 48.2. The van der Waals surface area contributed by atoms with Gasteiger partial charge in [0.15, 0.2) is 17.5 Å². The van der Waals surface area contributed by atoms with Crippen LogP contribution in [0.2, 0.25) is 15.1 Å². The molecule has 0 aliphatic heterocycles. The minimum absolute atomic E-state index is 0.0261. The lowest BCUT2D eigenvalue weighted by molar-refractivity contribution is 0.0992. The molecule has 6 N–H and O–H groups in total. The summed E-state index contributed by atoms with van der Waals surface area (Å²) in [6.45, 7) is 5.35. The zero-order valence-corrected chi connectivity index (χ0v) is 54.9. The van der Waals surface area contributed by atoms with Crippen LogP contribution in [0.25, 0.3) is 60.8 Å². The summed E-state index contributed by atoms with van der Waals surface area (Å²) in [7, 11) is 0. The number of anilines is 2. The number of aromatic amines is 2. The number of halogens is 6. The van der Waals surface area contributed by atoms with E-state index in [4.69, 9.17) is 50.5 Å². The Hall–Kier alpha value is -12.0. The van der Waals surface area contributed by atoms with Crippen LogP contribution in [-0.2, 0) is 12.8 Å². The monoisotopic (exact) mass is 1400 g/mol. The molecule has 13 aromatic rings. The summed E-state index contributed by atoms with van der Waals surface area (Å²) in [6.07, 6.45) is 7.43. The van der Waals surface area contributed by atoms with E-state index in [1.807, 2.05) is 54.6 Å². The number of allylic oxidation sites excluding steroid dienone is 4. The molecule has 0 saturated heterocycles. The number of aromatic nitrogens is 13. The predicted molar refractivity (Wildman–Crippen MR) is 375 cm³/mol. The maximum atomic E-state index is 14.0. The van der Waals surface area contributed by atoms with Gasteiger partial charge in [0, 0.05) is 19.0 Å². The molecule has 0 amide bonds. The molecule has 100 heavy (non-hydrogen) atoms. The molecule has 23 nitrogen and oxygen atoms in total. The highest BCUT2D eigenvalue weighted by Gasteiger charge is 2.30. The van der Waals surface area contributed by atoms with Crippen molar-refractivity contribution in [3.05, 3.63) is 307 Å². The molecule has 2 aliphatic rings. The highest BCUT2D eigenvalue weighted by molar-refractivity contribution is 6.36. The van der Waals surface area contributed by atoms with Gasteiger partial charge in [-0.15, -0.1) is 0 Å². The van der Waals surface area contributed by atoms with Crippen LogP contribution in [-0.4, -0.2) is 75.1 Å². The number of hydrogen-bond acceptors (Lipinski definition) is 18. The fourth-order valence-corrected chi connectivity index (χ4v) is 12.0. The number of rotatable bonds is 10. The average Bonchev–Trinajstić information content (AvgIpc) is 0.771. The van der Waals surface area contributed by atoms with Gasteiger partial charge in [-0.2, -0.15) is 0 Å². The van der Waals surface area contributed by atoms with Crippen LogP contribution in [0.1, 0.15) is 88.5 Å². The number of nitrogens with zero attached hydrogens (tertiary/aromatic N) is 11. The first kappa shape index (κ1) is 68.0. The quantitative estimate of drug-likeness (QED) is 0.0849. The van der Waals surface area contributed by atoms with E-state index < -0.39 is 52.1 Å². The Labute approximate surface area is 577 Å². The van der Waals surface area contributed by atoms with Crippen LogP contribution in [0, 0.1) is 5.82 Å². The summed E-state index contributed by atoms with van der Waals surface area (Å²) in [6, 6.07) is 41.2. The standard InChI is InChI=1S/C24H17ClFN5O2.C23H16ClFN6O2.C16H14ClN3O.C8H5FN2O2/c1-13(29-22-20-17(27-12-28-22)11-10-16(26)21(20)32)23-30-18-9-5-8-15(25)19(18)24(33)31(23)14-6-3-2-4-7-14;1-12(29-21-18-19(32)15(25)10-26-20(18)27-11-28-21)22-30-16-9-5-8-14(24)17(16)23(33)31(22)13-6-3-2-4-7-13;1-10(18)15-19-13-9-5-8-12(17)14(13)16(21)20(15)11-6-3-2-4-7-11;9-4-1-2-5-6(7(4)12)8(13)11-3-10-5/h2-10,12-13H,11H2,1H3,(H,27,28,29);2-12H,1H3,(H2,26,27,28,29,32);2-10H,18H2,1H3;1,3H,2H2,(H,10,11,13). The van der Waals surface area contributed by atoms with Gasteiger partial charge in [-0.25, -0.2) is 53.0 Å². The van der Waals surface area contributed by atoms with Crippen molar-refractivity contribution in [1.82, 2.24) is 63.5 Å². The highest BCUT2D eigenvalue weighted by atomic mass is 35.5. The van der Waals surface area contributed by atoms with Crippen molar-refractivity contribution >= 4 is 102 Å². The number of fused-ring (bicyclic) bond motifs is 6. The molecule has 0 bridgehead atoms. The third-order valence-electron chi connectivity index (χ3n) is 15.9. The van der Waals surface area contributed by atoms with Crippen LogP contribution in [0.15, 0.2) is 219 Å². The Morgan fingerprint density at radius 1 is 0.470 bits per heavy atom. The number of Topliss-reactive ketones (excluding diaryl/α,β-unsaturated/α-hetero) is 2. The minimum atomic E-state index is -0.951. The van der Waals surface area contributed by atoms with Crippen LogP contribution >= 0.6 is 34.8 Å². The van der Waals surface area contributed by atoms with E-state index in [0.29, 0.717) is 88.0 Å². The number of pyridine rings is 1. The second kappa shape index (κ2) is 29.0. The SMILES string of the molecule is CC(N)c1nc2cccc(Cl)c2c(=O)n1-c1ccccc1.CC(Nc1ncnc2[nH]cc(F)c(=O)c12)c1nc2cccc(Cl)c2c(=O)n1-c1ccccc1.CC(Nc1ncnc2c1C(=O)C(F)=CC2)c1nc2cccc(Cl)c2c(=O)n1-c1ccccc1.O=C1C(F)=CCc2nc[nH]c(=O)c21. The maximum absolute atomic E-state index is 14.0. The molecule has 0 saturated carbocycles. The van der Waals surface area contributed by atoms with Crippen LogP contribution in [0.3, 0.4) is 0 Å². The van der Waals surface area contributed by atoms with Crippen LogP contribution in [0.4, 0.5) is 24.8 Å². The van der Waals surface area contributed by atoms with Crippen molar-refractivity contribution in [2.75, 3.05) is 10.6 Å². The van der Waals surface area contributed by atoms with Gasteiger partial charge < -0.3 is 26.3 Å². The lowest BCUT2D eigenvalue weighted by Crippen LogP contribution is -2.28. The first-order valence-electron chi connectivity index (χ1n) is 30.5. The molecular weight excluding hydrogens is 1350 g/mol. The molecule has 7 heterocycles. The number of carbonyl (C=O) groups excluding carboxylic acids is 2. The van der Waals surface area contributed by atoms with Gasteiger partial charge in [0.2, 0.25) is 17.0 Å². The summed E-state index contributed by atoms with van der Waals surface area (Å²) in [5, 5.41) is 8.21. The summed E-state index contributed by atoms with van der Waals surface area (Å²) in [5.74, 6) is -2.77. The van der Waals surface area contributed by atoms with E-state index in [0.717, 1.165) is 18.0 Å². The summed E-state index contributed by atoms with van der Waals surface area (Å²) in [5.41, 5.74) is 7.93. The zero-order valence-electron chi connectivity index (χ0n) is 52.6. The summed E-state index contributed by atoms with van der Waals surface area (Å²) < 4.78 is 45.2. The Morgan fingerprint density at radius 3 is 1.35 bits per heavy atom. The molecule has 2 aliphatic carbocycles. The fraction of sp³-hybridized carbons (Fsp3) is 0.113. The second-order valence-electron chi connectivity index (χ2n) is 22.4. The van der Waals surface area contributed by atoms with E-state index in [1.165, 1.54) is 38.8 Å². The molecule has 0 radical (unpaired) electrons. The average molecular weight is 1400 g/mol. The first-order valence-corrected chi connectivity index (χ1v) is 31.6. The third kappa shape index (κ3) is 13.5. The van der Waals surface area contributed by atoms with Crippen molar-refractivity contribution in [3.8, 4) is 17.1 Å². The second-order valence-corrected chi connectivity index (χ2v) is 23.7. The molecule has 3 atom stereocenters. The molecular formula is C71H52Cl3F3N16O7. The number of ketones is 2. The molecule has 29 heteroatoms. The van der Waals surface area contributed by atoms with Crippen molar-refractivity contribution in [2.45, 2.75) is 51.7 Å². The van der Waals surface area contributed by atoms with Crippen molar-refractivity contribution in [3.63, 3.8) is 0 Å². The Balaban J connectivity index is 0.000000133. The van der Waals surface area contributed by atoms with E-state index in [9.17, 15) is 46.7 Å². The topological polar surface area (TPSA) is 319 Å². The van der Waals surface area contributed by atoms with Gasteiger partial charge in [-0.3, -0.25) is 47.3 Å². The van der Waals surface area contributed by atoms with Gasteiger partial charge in [-0.05, 0) is 106 Å². The van der Waals surface area contributed by atoms with E-state index in [2.05, 4.69) is 50.5 Å². The number of H-pyrrole nitrogens is 2. The molecule has 0 fully saturated rings. The third-order valence-corrected chi connectivity index (χ3v) is 16.8. The zero-order chi connectivity index (χ0) is 70.6. The molecule has 3 unspecified atom stereocenters. The Kier molecular flexibility index (Phi) is 19.7. The lowest BCUT2D eigenvalue weighted by atomic mass is 10.00. The number of nitrogens with two attached hydrogens (primary N) is 1. The number of carbonyl (C=O) groups is 2. The number of nitrogens with one attached hydrogen (secondary N) is 4. The number of benzene rings is 6. The molecule has 6 aromatic carbocycles. The molecule has 0 spiro atoms. The Bertz CT molecular complexity index is 5800. The van der Waals surface area contributed by atoms with Crippen LogP contribution < -0.4 is 44.0 Å². The number of hydrogen-bond donors (Lipinski definition) is 5. The lowest BCUT2D eigenvalue weighted by Gasteiger charge is -2.22. The van der Waals surface area contributed by atoms with Gasteiger partial charge in [-0.1, -0.05) is 108 Å². The fourth-order valence-electron chi connectivity index (χ4n) is 11.2. The normalized spacial score (nSPS) is 13.3. The van der Waals surface area contributed by atoms with Gasteiger partial charge in [0.1, 0.15) is 58.4 Å². The van der Waals surface area contributed by atoms with E-state index in [-0.39, 0.29) is 69.4 Å². The van der Waals surface area contributed by atoms with Gasteiger partial charge in [0.05, 0.1) is 106 Å².